The van der Waals surface area contributed by atoms with E-state index in [1.54, 1.807) is 19.2 Å². The highest BCUT2D eigenvalue weighted by molar-refractivity contribution is 6.07. The fraction of sp³-hybridized carbons (Fsp3) is 0.143. The Balaban J connectivity index is 1.92. The molecule has 0 unspecified atom stereocenters. The summed E-state index contributed by atoms with van der Waals surface area (Å²) in [6.45, 7) is 0. The van der Waals surface area contributed by atoms with Crippen LogP contribution < -0.4 is 15.0 Å². The second kappa shape index (κ2) is 7.70. The van der Waals surface area contributed by atoms with Gasteiger partial charge < -0.3 is 15.0 Å². The number of ether oxygens (including phenoxy) is 1. The lowest BCUT2D eigenvalue weighted by Crippen LogP contribution is -2.20. The molecule has 26 heavy (non-hydrogen) atoms. The van der Waals surface area contributed by atoms with Crippen LogP contribution in [0.25, 0.3) is 11.3 Å². The van der Waals surface area contributed by atoms with E-state index in [9.17, 15) is 4.79 Å². The Hall–Kier alpha value is -3.34. The molecule has 0 bridgehead atoms. The summed E-state index contributed by atoms with van der Waals surface area (Å²) in [7, 11) is 5.34. The lowest BCUT2D eigenvalue weighted by atomic mass is 10.1. The van der Waals surface area contributed by atoms with Gasteiger partial charge in [-0.2, -0.15) is 0 Å². The van der Waals surface area contributed by atoms with E-state index in [1.165, 1.54) is 0 Å². The third kappa shape index (κ3) is 3.83. The molecule has 0 aliphatic carbocycles. The molecule has 2 aromatic carbocycles. The molecule has 0 radical (unpaired) electrons. The van der Waals surface area contributed by atoms with Crippen molar-refractivity contribution < 1.29 is 9.53 Å². The van der Waals surface area contributed by atoms with Crippen molar-refractivity contribution in [2.45, 2.75) is 0 Å². The van der Waals surface area contributed by atoms with Crippen molar-refractivity contribution >= 4 is 17.4 Å². The van der Waals surface area contributed by atoms with Crippen LogP contribution in [0.3, 0.4) is 0 Å². The highest BCUT2D eigenvalue weighted by atomic mass is 16.5. The monoisotopic (exact) mass is 347 g/mol. The smallest absolute Gasteiger partial charge is 0.259 e. The minimum absolute atomic E-state index is 0.214. The fourth-order valence-electron chi connectivity index (χ4n) is 2.64. The van der Waals surface area contributed by atoms with Gasteiger partial charge in [0.05, 0.1) is 18.4 Å². The van der Waals surface area contributed by atoms with Crippen LogP contribution in [0.1, 0.15) is 10.4 Å². The van der Waals surface area contributed by atoms with Gasteiger partial charge in [-0.15, -0.1) is 0 Å². The third-order valence-electron chi connectivity index (χ3n) is 3.94. The van der Waals surface area contributed by atoms with Crippen LogP contribution in [-0.2, 0) is 0 Å². The lowest BCUT2D eigenvalue weighted by molar-refractivity contribution is 0.102. The van der Waals surface area contributed by atoms with Crippen LogP contribution in [-0.4, -0.2) is 32.1 Å². The summed E-state index contributed by atoms with van der Waals surface area (Å²) in [5.74, 6) is 1.09. The van der Waals surface area contributed by atoms with Crippen molar-refractivity contribution in [3.8, 4) is 17.0 Å². The number of hydrogen-bond donors (Lipinski definition) is 1. The Labute approximate surface area is 153 Å². The number of benzene rings is 2. The van der Waals surface area contributed by atoms with Gasteiger partial charge in [-0.3, -0.25) is 4.79 Å². The summed E-state index contributed by atoms with van der Waals surface area (Å²) in [6.07, 6.45) is 0. The first-order valence-electron chi connectivity index (χ1n) is 8.27. The summed E-state index contributed by atoms with van der Waals surface area (Å²) in [4.78, 5) is 19.3. The number of carbonyl (C=O) groups is 1. The Bertz CT molecular complexity index is 908. The highest BCUT2D eigenvalue weighted by Gasteiger charge is 2.16. The molecule has 0 fully saturated rings. The molecule has 132 valence electrons. The Morgan fingerprint density at radius 2 is 1.77 bits per heavy atom. The molecular formula is C21H21N3O2. The normalized spacial score (nSPS) is 10.3. The van der Waals surface area contributed by atoms with Gasteiger partial charge in [0.25, 0.3) is 5.91 Å². The average molecular weight is 347 g/mol. The zero-order chi connectivity index (χ0) is 18.5. The van der Waals surface area contributed by atoms with Crippen LogP contribution in [0.4, 0.5) is 11.5 Å². The molecule has 1 amide bonds. The number of methoxy groups -OCH3 is 1. The number of anilines is 2. The molecule has 0 aliphatic heterocycles. The van der Waals surface area contributed by atoms with Gasteiger partial charge in [0.15, 0.2) is 0 Å². The molecule has 0 saturated heterocycles. The average Bonchev–Trinajstić information content (AvgIpc) is 2.68. The van der Waals surface area contributed by atoms with E-state index in [0.29, 0.717) is 22.8 Å². The van der Waals surface area contributed by atoms with Gasteiger partial charge in [-0.1, -0.05) is 36.4 Å². The van der Waals surface area contributed by atoms with E-state index in [4.69, 9.17) is 4.74 Å². The first-order chi connectivity index (χ1) is 12.6. The molecular weight excluding hydrogens is 326 g/mol. The van der Waals surface area contributed by atoms with E-state index in [-0.39, 0.29) is 5.91 Å². The van der Waals surface area contributed by atoms with E-state index in [1.807, 2.05) is 73.6 Å². The minimum atomic E-state index is -0.214. The first kappa shape index (κ1) is 17.5. The maximum absolute atomic E-state index is 12.8. The molecule has 5 nitrogen and oxygen atoms in total. The van der Waals surface area contributed by atoms with Gasteiger partial charge in [0.2, 0.25) is 0 Å². The van der Waals surface area contributed by atoms with Gasteiger partial charge in [-0.05, 0) is 24.3 Å². The molecule has 0 aliphatic rings. The maximum atomic E-state index is 12.8. The predicted octanol–water partition coefficient (Wildman–Crippen LogP) is 4.08. The van der Waals surface area contributed by atoms with Crippen molar-refractivity contribution in [2.75, 3.05) is 31.4 Å². The second-order valence-electron chi connectivity index (χ2n) is 6.01. The van der Waals surface area contributed by atoms with Crippen LogP contribution >= 0.6 is 0 Å². The molecule has 0 spiro atoms. The summed E-state index contributed by atoms with van der Waals surface area (Å²) in [5, 5.41) is 2.90. The second-order valence-corrected chi connectivity index (χ2v) is 6.01. The Kier molecular flexibility index (Phi) is 5.17. The highest BCUT2D eigenvalue weighted by Crippen LogP contribution is 2.25. The molecule has 1 N–H and O–H groups in total. The first-order valence-corrected chi connectivity index (χ1v) is 8.27. The van der Waals surface area contributed by atoms with Crippen molar-refractivity contribution in [1.29, 1.82) is 0 Å². The van der Waals surface area contributed by atoms with Gasteiger partial charge in [-0.25, -0.2) is 4.98 Å². The van der Waals surface area contributed by atoms with Crippen molar-refractivity contribution in [2.24, 2.45) is 0 Å². The predicted molar refractivity (Wildman–Crippen MR) is 105 cm³/mol. The largest absolute Gasteiger partial charge is 0.497 e. The van der Waals surface area contributed by atoms with Crippen LogP contribution in [0, 0.1) is 0 Å². The molecule has 1 aromatic heterocycles. The minimum Gasteiger partial charge on any atom is -0.497 e. The Morgan fingerprint density at radius 1 is 1.00 bits per heavy atom. The van der Waals surface area contributed by atoms with Crippen molar-refractivity contribution in [3.63, 3.8) is 0 Å². The van der Waals surface area contributed by atoms with Gasteiger partial charge in [0.1, 0.15) is 11.6 Å². The topological polar surface area (TPSA) is 54.5 Å². The molecule has 0 saturated carbocycles. The van der Waals surface area contributed by atoms with Crippen molar-refractivity contribution in [3.05, 3.63) is 72.3 Å². The van der Waals surface area contributed by atoms with E-state index in [0.717, 1.165) is 11.3 Å². The summed E-state index contributed by atoms with van der Waals surface area (Å²) in [5.41, 5.74) is 3.02. The quantitative estimate of drug-likeness (QED) is 0.756. The van der Waals surface area contributed by atoms with Gasteiger partial charge >= 0.3 is 0 Å². The molecule has 5 heteroatoms. The third-order valence-corrected chi connectivity index (χ3v) is 3.94. The number of aromatic nitrogens is 1. The molecule has 1 heterocycles. The SMILES string of the molecule is COc1cccc(NC(=O)c2ccc(-c3ccccc3)nc2N(C)C)c1. The molecule has 0 atom stereocenters. The molecule has 3 rings (SSSR count). The summed E-state index contributed by atoms with van der Waals surface area (Å²) >= 11 is 0. The van der Waals surface area contributed by atoms with Crippen LogP contribution in [0.15, 0.2) is 66.7 Å². The number of hydrogen-bond acceptors (Lipinski definition) is 4. The summed E-state index contributed by atoms with van der Waals surface area (Å²) < 4.78 is 5.20. The fourth-order valence-corrected chi connectivity index (χ4v) is 2.64. The van der Waals surface area contributed by atoms with Crippen LogP contribution in [0.2, 0.25) is 0 Å². The Morgan fingerprint density at radius 3 is 2.46 bits per heavy atom. The summed E-state index contributed by atoms with van der Waals surface area (Å²) in [6, 6.07) is 20.8. The molecule has 3 aromatic rings. The number of carbonyl (C=O) groups excluding carboxylic acids is 1. The zero-order valence-electron chi connectivity index (χ0n) is 15.1. The van der Waals surface area contributed by atoms with Gasteiger partial charge in [0, 0.05) is 31.4 Å². The van der Waals surface area contributed by atoms with Crippen molar-refractivity contribution in [1.82, 2.24) is 4.98 Å². The zero-order valence-corrected chi connectivity index (χ0v) is 15.1. The maximum Gasteiger partial charge on any atom is 0.259 e. The number of nitrogens with zero attached hydrogens (tertiary/aromatic N) is 2. The number of pyridine rings is 1. The number of nitrogens with one attached hydrogen (secondary N) is 1. The number of rotatable bonds is 5. The number of amides is 1. The van der Waals surface area contributed by atoms with Crippen LogP contribution in [0.5, 0.6) is 5.75 Å². The standard InChI is InChI=1S/C21H21N3O2/c1-24(2)20-18(12-13-19(23-20)15-8-5-4-6-9-15)21(25)22-16-10-7-11-17(14-16)26-3/h4-14H,1-3H3,(H,22,25). The van der Waals surface area contributed by atoms with E-state index >= 15 is 0 Å². The van der Waals surface area contributed by atoms with E-state index < -0.39 is 0 Å². The lowest BCUT2D eigenvalue weighted by Gasteiger charge is -2.17. The van der Waals surface area contributed by atoms with E-state index in [2.05, 4.69) is 10.3 Å².